The van der Waals surface area contributed by atoms with Gasteiger partial charge in [-0.15, -0.1) is 0 Å². The molecule has 0 spiro atoms. The third kappa shape index (κ3) is 6.24. The summed E-state index contributed by atoms with van der Waals surface area (Å²) in [6.07, 6.45) is -1.22. The smallest absolute Gasteiger partial charge is 0.356 e. The van der Waals surface area contributed by atoms with E-state index < -0.39 is 17.6 Å². The predicted octanol–water partition coefficient (Wildman–Crippen LogP) is 4.12. The van der Waals surface area contributed by atoms with Crippen molar-refractivity contribution >= 4 is 17.6 Å². The number of nitrogens with zero attached hydrogens (tertiary/aromatic N) is 3. The number of carbonyl (C=O) groups excluding carboxylic acids is 2. The topological polar surface area (TPSA) is 65.5 Å². The maximum atomic E-state index is 12.9. The fourth-order valence-corrected chi connectivity index (χ4v) is 4.05. The van der Waals surface area contributed by atoms with Gasteiger partial charge in [-0.1, -0.05) is 12.1 Å². The first kappa shape index (κ1) is 24.5. The lowest BCUT2D eigenvalue weighted by molar-refractivity contribution is -0.137. The van der Waals surface area contributed by atoms with Crippen molar-refractivity contribution in [1.29, 1.82) is 0 Å². The maximum Gasteiger partial charge on any atom is 0.416 e. The number of carbonyl (C=O) groups is 2. The Labute approximate surface area is 191 Å². The van der Waals surface area contributed by atoms with Crippen molar-refractivity contribution in [1.82, 2.24) is 15.2 Å². The van der Waals surface area contributed by atoms with Crippen LogP contribution in [0.25, 0.3) is 0 Å². The summed E-state index contributed by atoms with van der Waals surface area (Å²) >= 11 is 0. The number of anilines is 1. The molecular weight excluding hydrogens is 433 g/mol. The van der Waals surface area contributed by atoms with Crippen molar-refractivity contribution in [2.75, 3.05) is 31.1 Å². The number of halogens is 3. The monoisotopic (exact) mass is 462 g/mol. The summed E-state index contributed by atoms with van der Waals surface area (Å²) in [5, 5.41) is 2.67. The van der Waals surface area contributed by atoms with E-state index in [0.717, 1.165) is 31.5 Å². The van der Waals surface area contributed by atoms with Gasteiger partial charge in [0, 0.05) is 44.5 Å². The highest BCUT2D eigenvalue weighted by Crippen LogP contribution is 2.29. The van der Waals surface area contributed by atoms with E-state index in [1.54, 1.807) is 12.1 Å². The van der Waals surface area contributed by atoms with Gasteiger partial charge in [-0.3, -0.25) is 9.59 Å². The van der Waals surface area contributed by atoms with Gasteiger partial charge in [0.2, 0.25) is 5.91 Å². The van der Waals surface area contributed by atoms with Crippen molar-refractivity contribution in [2.24, 2.45) is 5.92 Å². The first-order chi connectivity index (χ1) is 15.7. The lowest BCUT2D eigenvalue weighted by Crippen LogP contribution is -2.45. The maximum absolute atomic E-state index is 12.9. The summed E-state index contributed by atoms with van der Waals surface area (Å²) < 4.78 is 38.7. The number of benzene rings is 1. The molecule has 1 unspecified atom stereocenters. The van der Waals surface area contributed by atoms with Crippen LogP contribution in [0.15, 0.2) is 42.6 Å². The molecular formula is C24H29F3N4O2. The molecule has 1 aromatic heterocycles. The van der Waals surface area contributed by atoms with Gasteiger partial charge >= 0.3 is 6.18 Å². The zero-order valence-electron chi connectivity index (χ0n) is 18.9. The molecule has 2 heterocycles. The van der Waals surface area contributed by atoms with Crippen molar-refractivity contribution in [3.63, 3.8) is 0 Å². The average Bonchev–Trinajstić information content (AvgIpc) is 2.83. The van der Waals surface area contributed by atoms with Crippen LogP contribution in [0.4, 0.5) is 19.0 Å². The fraction of sp³-hybridized carbons (Fsp3) is 0.458. The number of pyridine rings is 1. The van der Waals surface area contributed by atoms with Gasteiger partial charge in [0.05, 0.1) is 11.5 Å². The highest BCUT2D eigenvalue weighted by atomic mass is 19.4. The molecule has 1 aliphatic rings. The molecule has 3 rings (SSSR count). The number of hydrogen-bond acceptors (Lipinski definition) is 4. The predicted molar refractivity (Wildman–Crippen MR) is 120 cm³/mol. The second kappa shape index (κ2) is 10.7. The van der Waals surface area contributed by atoms with E-state index in [1.807, 2.05) is 23.6 Å². The molecule has 1 saturated heterocycles. The van der Waals surface area contributed by atoms with E-state index >= 15 is 0 Å². The molecule has 1 atom stereocenters. The minimum atomic E-state index is -4.43. The van der Waals surface area contributed by atoms with Crippen LogP contribution < -0.4 is 10.2 Å². The summed E-state index contributed by atoms with van der Waals surface area (Å²) in [5.74, 6) is 0.237. The van der Waals surface area contributed by atoms with Gasteiger partial charge in [-0.05, 0) is 56.5 Å². The molecule has 1 fully saturated rings. The number of piperidine rings is 1. The van der Waals surface area contributed by atoms with Crippen LogP contribution in [-0.2, 0) is 17.5 Å². The first-order valence-electron chi connectivity index (χ1n) is 11.2. The Morgan fingerprint density at radius 1 is 1.18 bits per heavy atom. The first-order valence-corrected chi connectivity index (χ1v) is 11.2. The molecule has 1 N–H and O–H groups in total. The lowest BCUT2D eigenvalue weighted by atomic mass is 9.96. The van der Waals surface area contributed by atoms with Gasteiger partial charge in [-0.25, -0.2) is 4.98 Å². The summed E-state index contributed by atoms with van der Waals surface area (Å²) in [6, 6.07) is 8.10. The molecule has 1 aliphatic heterocycles. The summed E-state index contributed by atoms with van der Waals surface area (Å²) in [5.41, 5.74) is -0.0234. The SMILES string of the molecule is CCN(CC)C(=O)C1CCCN(c2cc(C(=O)NCc3cccc(C(F)(F)F)c3)ccn2)C1. The van der Waals surface area contributed by atoms with E-state index in [0.29, 0.717) is 36.6 Å². The second-order valence-corrected chi connectivity index (χ2v) is 8.08. The standard InChI is InChI=1S/C24H29F3N4O2/c1-3-30(4-2)23(33)19-8-6-12-31(16-19)21-14-18(10-11-28-21)22(32)29-15-17-7-5-9-20(13-17)24(25,26)27/h5,7,9-11,13-14,19H,3-4,6,8,12,15-16H2,1-2H3,(H,29,32). The van der Waals surface area contributed by atoms with Crippen LogP contribution in [0, 0.1) is 5.92 Å². The third-order valence-electron chi connectivity index (χ3n) is 5.88. The molecule has 0 saturated carbocycles. The Balaban J connectivity index is 1.65. The number of amides is 2. The zero-order chi connectivity index (χ0) is 24.0. The number of rotatable bonds is 7. The Morgan fingerprint density at radius 2 is 1.94 bits per heavy atom. The fourth-order valence-electron chi connectivity index (χ4n) is 4.05. The van der Waals surface area contributed by atoms with Crippen LogP contribution in [0.1, 0.15) is 48.2 Å². The molecule has 178 valence electrons. The summed E-state index contributed by atoms with van der Waals surface area (Å²) in [6.45, 7) is 6.53. The van der Waals surface area contributed by atoms with Crippen LogP contribution in [0.3, 0.4) is 0 Å². The van der Waals surface area contributed by atoms with Gasteiger partial charge in [-0.2, -0.15) is 13.2 Å². The quantitative estimate of drug-likeness (QED) is 0.673. The van der Waals surface area contributed by atoms with Crippen molar-refractivity contribution in [2.45, 2.75) is 39.4 Å². The summed E-state index contributed by atoms with van der Waals surface area (Å²) in [4.78, 5) is 33.6. The van der Waals surface area contributed by atoms with E-state index in [4.69, 9.17) is 0 Å². The minimum absolute atomic E-state index is 0.0232. The molecule has 6 nitrogen and oxygen atoms in total. The third-order valence-corrected chi connectivity index (χ3v) is 5.88. The normalized spacial score (nSPS) is 16.4. The molecule has 33 heavy (non-hydrogen) atoms. The minimum Gasteiger partial charge on any atom is -0.356 e. The molecule has 0 aliphatic carbocycles. The largest absolute Gasteiger partial charge is 0.416 e. The Hall–Kier alpha value is -3.10. The summed E-state index contributed by atoms with van der Waals surface area (Å²) in [7, 11) is 0. The Bertz CT molecular complexity index is 976. The van der Waals surface area contributed by atoms with E-state index in [9.17, 15) is 22.8 Å². The lowest BCUT2D eigenvalue weighted by Gasteiger charge is -2.35. The Kier molecular flexibility index (Phi) is 7.94. The molecule has 0 radical (unpaired) electrons. The highest BCUT2D eigenvalue weighted by Gasteiger charge is 2.31. The van der Waals surface area contributed by atoms with Gasteiger partial charge < -0.3 is 15.1 Å². The van der Waals surface area contributed by atoms with Crippen LogP contribution >= 0.6 is 0 Å². The van der Waals surface area contributed by atoms with Gasteiger partial charge in [0.25, 0.3) is 5.91 Å². The van der Waals surface area contributed by atoms with Gasteiger partial charge in [0.15, 0.2) is 0 Å². The van der Waals surface area contributed by atoms with Crippen LogP contribution in [-0.4, -0.2) is 47.9 Å². The number of alkyl halides is 3. The van der Waals surface area contributed by atoms with Gasteiger partial charge in [0.1, 0.15) is 5.82 Å². The van der Waals surface area contributed by atoms with E-state index in [1.165, 1.54) is 18.3 Å². The van der Waals surface area contributed by atoms with Crippen molar-refractivity contribution < 1.29 is 22.8 Å². The van der Waals surface area contributed by atoms with Crippen LogP contribution in [0.2, 0.25) is 0 Å². The molecule has 1 aromatic carbocycles. The van der Waals surface area contributed by atoms with Crippen LogP contribution in [0.5, 0.6) is 0 Å². The second-order valence-electron chi connectivity index (χ2n) is 8.08. The zero-order valence-corrected chi connectivity index (χ0v) is 18.9. The van der Waals surface area contributed by atoms with Crippen molar-refractivity contribution in [3.8, 4) is 0 Å². The Morgan fingerprint density at radius 3 is 2.64 bits per heavy atom. The molecule has 2 amide bonds. The number of nitrogens with one attached hydrogen (secondary N) is 1. The van der Waals surface area contributed by atoms with E-state index in [-0.39, 0.29) is 18.4 Å². The molecule has 9 heteroatoms. The van der Waals surface area contributed by atoms with Crippen molar-refractivity contribution in [3.05, 3.63) is 59.3 Å². The molecule has 0 bridgehead atoms. The van der Waals surface area contributed by atoms with E-state index in [2.05, 4.69) is 10.3 Å². The number of aromatic nitrogens is 1. The molecule has 2 aromatic rings. The number of hydrogen-bond donors (Lipinski definition) is 1. The average molecular weight is 463 g/mol. The highest BCUT2D eigenvalue weighted by molar-refractivity contribution is 5.94.